The summed E-state index contributed by atoms with van der Waals surface area (Å²) in [5, 5.41) is 0.149. The van der Waals surface area contributed by atoms with Crippen molar-refractivity contribution in [3.8, 4) is 0 Å². The van der Waals surface area contributed by atoms with Crippen molar-refractivity contribution in [1.82, 2.24) is 0 Å². The molecular formula is C15H15ClN2O3. The van der Waals surface area contributed by atoms with Crippen LogP contribution >= 0.6 is 11.6 Å². The lowest BCUT2D eigenvalue weighted by Gasteiger charge is -2.19. The lowest BCUT2D eigenvalue weighted by atomic mass is 9.81. The summed E-state index contributed by atoms with van der Waals surface area (Å²) in [4.78, 5) is 37.3. The molecule has 1 aromatic carbocycles. The quantitative estimate of drug-likeness (QED) is 0.850. The highest BCUT2D eigenvalue weighted by atomic mass is 35.5. The van der Waals surface area contributed by atoms with Crippen molar-refractivity contribution < 1.29 is 14.4 Å². The molecule has 0 unspecified atom stereocenters. The van der Waals surface area contributed by atoms with Gasteiger partial charge in [0.05, 0.1) is 28.1 Å². The maximum absolute atomic E-state index is 12.5. The van der Waals surface area contributed by atoms with Gasteiger partial charge in [-0.15, -0.1) is 0 Å². The average molecular weight is 307 g/mol. The van der Waals surface area contributed by atoms with Crippen LogP contribution in [0.3, 0.4) is 0 Å². The number of anilines is 1. The minimum Gasteiger partial charge on any atom is -0.366 e. The number of amides is 3. The number of nitrogens with zero attached hydrogens (tertiary/aromatic N) is 1. The first-order chi connectivity index (χ1) is 10.0. The number of halogens is 1. The second kappa shape index (κ2) is 5.15. The van der Waals surface area contributed by atoms with E-state index in [-0.39, 0.29) is 34.2 Å². The van der Waals surface area contributed by atoms with Gasteiger partial charge in [0.1, 0.15) is 0 Å². The highest BCUT2D eigenvalue weighted by Gasteiger charge is 2.48. The van der Waals surface area contributed by atoms with Gasteiger partial charge in [-0.3, -0.25) is 19.3 Å². The number of carbonyl (C=O) groups is 3. The third-order valence-corrected chi connectivity index (χ3v) is 4.63. The molecule has 21 heavy (non-hydrogen) atoms. The molecule has 0 radical (unpaired) electrons. The van der Waals surface area contributed by atoms with E-state index in [0.717, 1.165) is 25.7 Å². The van der Waals surface area contributed by atoms with Crippen LogP contribution < -0.4 is 10.6 Å². The molecule has 110 valence electrons. The lowest BCUT2D eigenvalue weighted by Crippen LogP contribution is -2.31. The van der Waals surface area contributed by atoms with E-state index in [2.05, 4.69) is 0 Å². The van der Waals surface area contributed by atoms with Crippen molar-refractivity contribution in [2.75, 3.05) is 4.90 Å². The zero-order valence-corrected chi connectivity index (χ0v) is 12.1. The van der Waals surface area contributed by atoms with Crippen LogP contribution in [0.5, 0.6) is 0 Å². The molecule has 2 atom stereocenters. The molecule has 3 amide bonds. The number of carbonyl (C=O) groups excluding carboxylic acids is 3. The Balaban J connectivity index is 1.97. The normalized spacial score (nSPS) is 25.1. The number of nitrogens with two attached hydrogens (primary N) is 1. The van der Waals surface area contributed by atoms with Crippen LogP contribution in [0.25, 0.3) is 0 Å². The summed E-state index contributed by atoms with van der Waals surface area (Å²) in [6, 6.07) is 4.44. The predicted molar refractivity (Wildman–Crippen MR) is 77.9 cm³/mol. The summed E-state index contributed by atoms with van der Waals surface area (Å²) in [5.74, 6) is -1.37. The third kappa shape index (κ3) is 2.21. The van der Waals surface area contributed by atoms with E-state index in [4.69, 9.17) is 17.3 Å². The Labute approximate surface area is 127 Å². The first kappa shape index (κ1) is 14.1. The van der Waals surface area contributed by atoms with Gasteiger partial charge in [0, 0.05) is 0 Å². The van der Waals surface area contributed by atoms with Crippen LogP contribution in [0.15, 0.2) is 18.2 Å². The second-order valence-electron chi connectivity index (χ2n) is 5.54. The van der Waals surface area contributed by atoms with Crippen molar-refractivity contribution in [3.05, 3.63) is 28.8 Å². The monoisotopic (exact) mass is 306 g/mol. The molecule has 1 heterocycles. The van der Waals surface area contributed by atoms with E-state index in [1.54, 1.807) is 6.07 Å². The van der Waals surface area contributed by atoms with E-state index in [1.807, 2.05) is 0 Å². The highest BCUT2D eigenvalue weighted by Crippen LogP contribution is 2.40. The number of primary amides is 1. The van der Waals surface area contributed by atoms with Crippen LogP contribution in [0.2, 0.25) is 5.02 Å². The van der Waals surface area contributed by atoms with Gasteiger partial charge in [0.2, 0.25) is 17.7 Å². The topological polar surface area (TPSA) is 80.5 Å². The van der Waals surface area contributed by atoms with E-state index >= 15 is 0 Å². The van der Waals surface area contributed by atoms with Crippen LogP contribution in [0.4, 0.5) is 5.69 Å². The zero-order valence-electron chi connectivity index (χ0n) is 11.3. The molecule has 0 bridgehead atoms. The molecule has 2 fully saturated rings. The van der Waals surface area contributed by atoms with Crippen LogP contribution in [0, 0.1) is 11.8 Å². The number of hydrogen-bond donors (Lipinski definition) is 1. The summed E-state index contributed by atoms with van der Waals surface area (Å²) in [5.41, 5.74) is 5.79. The summed E-state index contributed by atoms with van der Waals surface area (Å²) >= 11 is 6.00. The molecule has 1 saturated heterocycles. The van der Waals surface area contributed by atoms with Crippen molar-refractivity contribution in [1.29, 1.82) is 0 Å². The molecule has 2 N–H and O–H groups in total. The highest BCUT2D eigenvalue weighted by molar-refractivity contribution is 6.34. The van der Waals surface area contributed by atoms with Gasteiger partial charge in [-0.05, 0) is 31.0 Å². The molecule has 2 aliphatic rings. The first-order valence-electron chi connectivity index (χ1n) is 6.98. The Hall–Kier alpha value is -1.88. The average Bonchev–Trinajstić information content (AvgIpc) is 2.71. The first-order valence-corrected chi connectivity index (χ1v) is 7.35. The standard InChI is InChI=1S/C15H15ClN2O3/c16-12-7-8(5-6-11(12)13(17)19)18-14(20)9-3-1-2-4-10(9)15(18)21/h5-7,9-10H,1-4H2,(H2,17,19)/t9-,10-/m0/s1. The summed E-state index contributed by atoms with van der Waals surface area (Å²) in [7, 11) is 0. The van der Waals surface area contributed by atoms with Gasteiger partial charge in [0.15, 0.2) is 0 Å². The van der Waals surface area contributed by atoms with Gasteiger partial charge in [-0.1, -0.05) is 24.4 Å². The van der Waals surface area contributed by atoms with Gasteiger partial charge in [-0.2, -0.15) is 0 Å². The molecule has 0 aromatic heterocycles. The minimum atomic E-state index is -0.640. The summed E-state index contributed by atoms with van der Waals surface area (Å²) in [6.07, 6.45) is 3.49. The molecule has 3 rings (SSSR count). The van der Waals surface area contributed by atoms with E-state index < -0.39 is 5.91 Å². The number of imide groups is 1. The van der Waals surface area contributed by atoms with E-state index in [0.29, 0.717) is 5.69 Å². The molecule has 5 nitrogen and oxygen atoms in total. The van der Waals surface area contributed by atoms with E-state index in [1.165, 1.54) is 17.0 Å². The van der Waals surface area contributed by atoms with Gasteiger partial charge in [-0.25, -0.2) is 0 Å². The number of fused-ring (bicyclic) bond motifs is 1. The van der Waals surface area contributed by atoms with Crippen molar-refractivity contribution >= 4 is 35.0 Å². The fraction of sp³-hybridized carbons (Fsp3) is 0.400. The predicted octanol–water partition coefficient (Wildman–Crippen LogP) is 2.12. The van der Waals surface area contributed by atoms with Crippen molar-refractivity contribution in [2.45, 2.75) is 25.7 Å². The fourth-order valence-electron chi connectivity index (χ4n) is 3.26. The molecular weight excluding hydrogens is 292 g/mol. The third-order valence-electron chi connectivity index (χ3n) is 4.32. The largest absolute Gasteiger partial charge is 0.366 e. The molecule has 1 aliphatic heterocycles. The molecule has 1 aromatic rings. The summed E-state index contributed by atoms with van der Waals surface area (Å²) in [6.45, 7) is 0. The zero-order chi connectivity index (χ0) is 15.1. The Bertz CT molecular complexity index is 620. The Morgan fingerprint density at radius 1 is 1.14 bits per heavy atom. The number of benzene rings is 1. The Morgan fingerprint density at radius 3 is 2.19 bits per heavy atom. The van der Waals surface area contributed by atoms with Crippen LogP contribution in [-0.4, -0.2) is 17.7 Å². The SMILES string of the molecule is NC(=O)c1ccc(N2C(=O)[C@H]3CCCC[C@@H]3C2=O)cc1Cl. The molecule has 1 aliphatic carbocycles. The van der Waals surface area contributed by atoms with Gasteiger partial charge >= 0.3 is 0 Å². The Kier molecular flexibility index (Phi) is 3.45. The maximum Gasteiger partial charge on any atom is 0.250 e. The van der Waals surface area contributed by atoms with Crippen molar-refractivity contribution in [3.63, 3.8) is 0 Å². The second-order valence-corrected chi connectivity index (χ2v) is 5.94. The van der Waals surface area contributed by atoms with Crippen LogP contribution in [-0.2, 0) is 9.59 Å². The lowest BCUT2D eigenvalue weighted by molar-refractivity contribution is -0.122. The number of rotatable bonds is 2. The Morgan fingerprint density at radius 2 is 1.71 bits per heavy atom. The van der Waals surface area contributed by atoms with Crippen molar-refractivity contribution in [2.24, 2.45) is 17.6 Å². The molecule has 0 spiro atoms. The van der Waals surface area contributed by atoms with Crippen LogP contribution in [0.1, 0.15) is 36.0 Å². The molecule has 1 saturated carbocycles. The van der Waals surface area contributed by atoms with E-state index in [9.17, 15) is 14.4 Å². The number of hydrogen-bond acceptors (Lipinski definition) is 3. The van der Waals surface area contributed by atoms with Gasteiger partial charge < -0.3 is 5.73 Å². The minimum absolute atomic E-state index is 0.149. The molecule has 6 heteroatoms. The maximum atomic E-state index is 12.5. The summed E-state index contributed by atoms with van der Waals surface area (Å²) < 4.78 is 0. The van der Waals surface area contributed by atoms with Gasteiger partial charge in [0.25, 0.3) is 0 Å². The fourth-order valence-corrected chi connectivity index (χ4v) is 3.53. The smallest absolute Gasteiger partial charge is 0.250 e.